The summed E-state index contributed by atoms with van der Waals surface area (Å²) in [6.07, 6.45) is 2.58. The molecular weight excluding hydrogens is 386 g/mol. The van der Waals surface area contributed by atoms with Gasteiger partial charge in [-0.25, -0.2) is 0 Å². The Morgan fingerprint density at radius 3 is 1.26 bits per heavy atom. The van der Waals surface area contributed by atoms with E-state index in [2.05, 4.69) is 18.1 Å². The standard InChI is InChI=1S/C26H25N3O2/c1-5-25(30)27(3)20-12-16-23(17-13-20)29(22-10-8-7-9-11-22)24-18-14-21(15-19-24)28(4)26(31)6-2/h5-19H,1-2H2,3-4H3. The van der Waals surface area contributed by atoms with Gasteiger partial charge in [-0.15, -0.1) is 0 Å². The van der Waals surface area contributed by atoms with Crippen molar-refractivity contribution in [2.24, 2.45) is 0 Å². The van der Waals surface area contributed by atoms with Crippen LogP contribution >= 0.6 is 0 Å². The van der Waals surface area contributed by atoms with Crippen LogP contribution in [-0.2, 0) is 9.59 Å². The van der Waals surface area contributed by atoms with Gasteiger partial charge in [-0.1, -0.05) is 31.4 Å². The van der Waals surface area contributed by atoms with Gasteiger partial charge in [0.05, 0.1) is 0 Å². The van der Waals surface area contributed by atoms with Crippen LogP contribution in [0.4, 0.5) is 28.4 Å². The fourth-order valence-electron chi connectivity index (χ4n) is 3.20. The third-order valence-corrected chi connectivity index (χ3v) is 5.02. The summed E-state index contributed by atoms with van der Waals surface area (Å²) in [6, 6.07) is 25.5. The summed E-state index contributed by atoms with van der Waals surface area (Å²) in [4.78, 5) is 29.0. The third-order valence-electron chi connectivity index (χ3n) is 5.02. The highest BCUT2D eigenvalue weighted by Crippen LogP contribution is 2.36. The van der Waals surface area contributed by atoms with Crippen LogP contribution in [0.3, 0.4) is 0 Å². The van der Waals surface area contributed by atoms with Crippen molar-refractivity contribution < 1.29 is 9.59 Å². The molecule has 0 unspecified atom stereocenters. The number of hydrogen-bond acceptors (Lipinski definition) is 3. The summed E-state index contributed by atoms with van der Waals surface area (Å²) < 4.78 is 0. The van der Waals surface area contributed by atoms with Gasteiger partial charge >= 0.3 is 0 Å². The van der Waals surface area contributed by atoms with Gasteiger partial charge in [0.2, 0.25) is 11.8 Å². The Labute approximate surface area is 183 Å². The maximum atomic E-state index is 11.9. The summed E-state index contributed by atoms with van der Waals surface area (Å²) in [6.45, 7) is 7.08. The zero-order chi connectivity index (χ0) is 22.4. The first-order valence-corrected chi connectivity index (χ1v) is 9.82. The van der Waals surface area contributed by atoms with Crippen LogP contribution in [0, 0.1) is 0 Å². The lowest BCUT2D eigenvalue weighted by atomic mass is 10.1. The van der Waals surface area contributed by atoms with E-state index < -0.39 is 0 Å². The van der Waals surface area contributed by atoms with E-state index in [1.165, 1.54) is 12.2 Å². The molecule has 0 aromatic heterocycles. The van der Waals surface area contributed by atoms with E-state index in [4.69, 9.17) is 0 Å². The lowest BCUT2D eigenvalue weighted by Crippen LogP contribution is -2.24. The molecule has 0 heterocycles. The molecule has 3 aromatic carbocycles. The summed E-state index contributed by atoms with van der Waals surface area (Å²) in [5.41, 5.74) is 4.44. The van der Waals surface area contributed by atoms with Crippen molar-refractivity contribution >= 4 is 40.3 Å². The lowest BCUT2D eigenvalue weighted by Gasteiger charge is -2.27. The zero-order valence-electron chi connectivity index (χ0n) is 17.7. The number of amides is 2. The van der Waals surface area contributed by atoms with Crippen LogP contribution < -0.4 is 14.7 Å². The predicted molar refractivity (Wildman–Crippen MR) is 128 cm³/mol. The number of hydrogen-bond donors (Lipinski definition) is 0. The largest absolute Gasteiger partial charge is 0.312 e. The molecule has 0 radical (unpaired) electrons. The van der Waals surface area contributed by atoms with E-state index in [1.54, 1.807) is 23.9 Å². The average molecular weight is 412 g/mol. The van der Waals surface area contributed by atoms with Crippen molar-refractivity contribution in [1.29, 1.82) is 0 Å². The maximum Gasteiger partial charge on any atom is 0.250 e. The van der Waals surface area contributed by atoms with Crippen molar-refractivity contribution in [3.8, 4) is 0 Å². The minimum absolute atomic E-state index is 0.165. The number of nitrogens with zero attached hydrogens (tertiary/aromatic N) is 3. The summed E-state index contributed by atoms with van der Waals surface area (Å²) in [5, 5.41) is 0. The van der Waals surface area contributed by atoms with Gasteiger partial charge < -0.3 is 14.7 Å². The van der Waals surface area contributed by atoms with E-state index in [0.717, 1.165) is 28.4 Å². The molecule has 3 aromatic rings. The van der Waals surface area contributed by atoms with Crippen LogP contribution in [-0.4, -0.2) is 25.9 Å². The first kappa shape index (κ1) is 21.6. The van der Waals surface area contributed by atoms with E-state index in [1.807, 2.05) is 78.9 Å². The van der Waals surface area contributed by atoms with Gasteiger partial charge in [0, 0.05) is 42.5 Å². The molecule has 0 atom stereocenters. The number of likely N-dealkylation sites (N-methyl/N-ethyl adjacent to an activating group) is 2. The van der Waals surface area contributed by atoms with Gasteiger partial charge in [0.15, 0.2) is 0 Å². The smallest absolute Gasteiger partial charge is 0.250 e. The Hall–Kier alpha value is -4.12. The molecule has 0 saturated carbocycles. The minimum Gasteiger partial charge on any atom is -0.312 e. The van der Waals surface area contributed by atoms with Crippen molar-refractivity contribution in [2.75, 3.05) is 28.8 Å². The molecule has 0 aliphatic heterocycles. The lowest BCUT2D eigenvalue weighted by molar-refractivity contribution is -0.114. The highest BCUT2D eigenvalue weighted by atomic mass is 16.2. The number of rotatable bonds is 7. The first-order valence-electron chi connectivity index (χ1n) is 9.82. The molecule has 5 nitrogen and oxygen atoms in total. The van der Waals surface area contributed by atoms with Gasteiger partial charge in [-0.3, -0.25) is 9.59 Å². The van der Waals surface area contributed by atoms with Gasteiger partial charge in [-0.05, 0) is 72.8 Å². The predicted octanol–water partition coefficient (Wildman–Crippen LogP) is 5.45. The molecule has 0 saturated heterocycles. The number of benzene rings is 3. The Balaban J connectivity index is 1.99. The molecule has 0 aliphatic carbocycles. The third kappa shape index (κ3) is 4.73. The molecule has 5 heteroatoms. The van der Waals surface area contributed by atoms with Crippen LogP contribution in [0.1, 0.15) is 0 Å². The molecule has 3 rings (SSSR count). The average Bonchev–Trinajstić information content (AvgIpc) is 2.83. The zero-order valence-corrected chi connectivity index (χ0v) is 17.7. The van der Waals surface area contributed by atoms with Crippen molar-refractivity contribution in [3.05, 3.63) is 104 Å². The monoisotopic (exact) mass is 411 g/mol. The Morgan fingerprint density at radius 1 is 0.581 bits per heavy atom. The van der Waals surface area contributed by atoms with E-state index in [0.29, 0.717) is 0 Å². The van der Waals surface area contributed by atoms with Crippen LogP contribution in [0.5, 0.6) is 0 Å². The highest BCUT2D eigenvalue weighted by Gasteiger charge is 2.15. The Kier molecular flexibility index (Phi) is 6.67. The topological polar surface area (TPSA) is 43.9 Å². The molecule has 0 aliphatic rings. The summed E-state index contributed by atoms with van der Waals surface area (Å²) in [7, 11) is 3.43. The molecule has 0 bridgehead atoms. The molecule has 0 fully saturated rings. The molecule has 2 amide bonds. The molecule has 0 spiro atoms. The van der Waals surface area contributed by atoms with E-state index in [-0.39, 0.29) is 11.8 Å². The van der Waals surface area contributed by atoms with Crippen LogP contribution in [0.25, 0.3) is 0 Å². The Morgan fingerprint density at radius 2 is 0.903 bits per heavy atom. The number of para-hydroxylation sites is 1. The van der Waals surface area contributed by atoms with Crippen LogP contribution in [0.2, 0.25) is 0 Å². The molecular formula is C26H25N3O2. The van der Waals surface area contributed by atoms with Gasteiger partial charge in [-0.2, -0.15) is 0 Å². The quantitative estimate of drug-likeness (QED) is 0.485. The minimum atomic E-state index is -0.165. The summed E-state index contributed by atoms with van der Waals surface area (Å²) in [5.74, 6) is -0.331. The van der Waals surface area contributed by atoms with Gasteiger partial charge in [0.25, 0.3) is 0 Å². The van der Waals surface area contributed by atoms with Gasteiger partial charge in [0.1, 0.15) is 0 Å². The molecule has 31 heavy (non-hydrogen) atoms. The Bertz CT molecular complexity index is 1000. The number of carbonyl (C=O) groups excluding carboxylic acids is 2. The fourth-order valence-corrected chi connectivity index (χ4v) is 3.20. The van der Waals surface area contributed by atoms with Crippen molar-refractivity contribution in [2.45, 2.75) is 0 Å². The fraction of sp³-hybridized carbons (Fsp3) is 0.0769. The highest BCUT2D eigenvalue weighted by molar-refractivity contribution is 6.01. The summed E-state index contributed by atoms with van der Waals surface area (Å²) >= 11 is 0. The second-order valence-corrected chi connectivity index (χ2v) is 6.91. The SMILES string of the molecule is C=CC(=O)N(C)c1ccc(N(c2ccccc2)c2ccc(N(C)C(=O)C=C)cc2)cc1. The van der Waals surface area contributed by atoms with Crippen LogP contribution in [0.15, 0.2) is 104 Å². The molecule has 0 N–H and O–H groups in total. The second-order valence-electron chi connectivity index (χ2n) is 6.91. The normalized spacial score (nSPS) is 10.1. The first-order chi connectivity index (χ1) is 15.0. The molecule has 156 valence electrons. The van der Waals surface area contributed by atoms with E-state index >= 15 is 0 Å². The van der Waals surface area contributed by atoms with Crippen molar-refractivity contribution in [1.82, 2.24) is 0 Å². The number of carbonyl (C=O) groups is 2. The van der Waals surface area contributed by atoms with Crippen molar-refractivity contribution in [3.63, 3.8) is 0 Å². The van der Waals surface area contributed by atoms with E-state index in [9.17, 15) is 9.59 Å². The number of anilines is 5. The second kappa shape index (κ2) is 9.59. The maximum absolute atomic E-state index is 11.9.